The summed E-state index contributed by atoms with van der Waals surface area (Å²) < 4.78 is 34.0. The summed E-state index contributed by atoms with van der Waals surface area (Å²) in [7, 11) is -4.42. The molecule has 0 amide bonds. The number of likely N-dealkylation sites (tertiary alicyclic amines) is 1. The number of aliphatic hydroxyl groups is 1. The lowest BCUT2D eigenvalue weighted by Gasteiger charge is -2.53. The predicted molar refractivity (Wildman–Crippen MR) is 76.1 cm³/mol. The van der Waals surface area contributed by atoms with Crippen LogP contribution >= 0.6 is 0 Å². The third-order valence-electron chi connectivity index (χ3n) is 6.47. The third-order valence-corrected chi connectivity index (χ3v) is 7.71. The van der Waals surface area contributed by atoms with E-state index in [-0.39, 0.29) is 24.3 Å². The van der Waals surface area contributed by atoms with Gasteiger partial charge in [0.1, 0.15) is 5.78 Å². The smallest absolute Gasteiger partial charge is 0.282 e. The van der Waals surface area contributed by atoms with Crippen molar-refractivity contribution in [2.75, 3.05) is 6.54 Å². The molecule has 1 saturated heterocycles. The van der Waals surface area contributed by atoms with Gasteiger partial charge in [0.05, 0.1) is 11.5 Å². The van der Waals surface area contributed by atoms with Crippen LogP contribution in [0, 0.1) is 16.7 Å². The van der Waals surface area contributed by atoms with E-state index in [9.17, 15) is 22.9 Å². The van der Waals surface area contributed by atoms with Gasteiger partial charge in [-0.1, -0.05) is 13.8 Å². The van der Waals surface area contributed by atoms with Crippen LogP contribution in [0.1, 0.15) is 40.0 Å². The minimum Gasteiger partial charge on any atom is -0.390 e. The van der Waals surface area contributed by atoms with Gasteiger partial charge in [-0.05, 0) is 31.1 Å². The van der Waals surface area contributed by atoms with Crippen LogP contribution in [0.2, 0.25) is 0 Å². The van der Waals surface area contributed by atoms with Gasteiger partial charge in [-0.25, -0.2) is 0 Å². The standard InChI is InChI=1S/C14H23NO5S/c1-8-10(16)7-15(8)12(21(18,19)20)14-5-4-9(6-11(14)17)13(14,2)3/h8-10,12,16H,4-7H2,1-3H3,(H,18,19,20)/t8-,9-,10+,12?,14+/m0/s1. The van der Waals surface area contributed by atoms with Crippen LogP contribution in [-0.2, 0) is 14.9 Å². The SMILES string of the molecule is C[C@H]1[C@H](O)CN1C([C@@]12CC[C@@H](CC1=O)C2(C)C)S(=O)(=O)O. The molecule has 6 nitrogen and oxygen atoms in total. The summed E-state index contributed by atoms with van der Waals surface area (Å²) in [6.07, 6.45) is 1.09. The Morgan fingerprint density at radius 2 is 2.00 bits per heavy atom. The first-order chi connectivity index (χ1) is 9.53. The second kappa shape index (κ2) is 4.28. The second-order valence-electron chi connectivity index (χ2n) is 7.43. The molecule has 0 aromatic rings. The van der Waals surface area contributed by atoms with Crippen LogP contribution in [0.25, 0.3) is 0 Å². The van der Waals surface area contributed by atoms with E-state index in [2.05, 4.69) is 0 Å². The molecule has 0 radical (unpaired) electrons. The van der Waals surface area contributed by atoms with Crippen LogP contribution in [0.4, 0.5) is 0 Å². The number of nitrogens with zero attached hydrogens (tertiary/aromatic N) is 1. The highest BCUT2D eigenvalue weighted by Gasteiger charge is 2.72. The van der Waals surface area contributed by atoms with Gasteiger partial charge in [0.2, 0.25) is 0 Å². The Labute approximate surface area is 125 Å². The van der Waals surface area contributed by atoms with E-state index in [1.807, 2.05) is 13.8 Å². The molecule has 2 bridgehead atoms. The van der Waals surface area contributed by atoms with Crippen LogP contribution in [0.3, 0.4) is 0 Å². The van der Waals surface area contributed by atoms with Crippen molar-refractivity contribution in [1.29, 1.82) is 0 Å². The Kier molecular flexibility index (Phi) is 3.14. The number of carbonyl (C=O) groups is 1. The van der Waals surface area contributed by atoms with Gasteiger partial charge < -0.3 is 5.11 Å². The van der Waals surface area contributed by atoms with E-state index in [0.717, 1.165) is 6.42 Å². The molecular weight excluding hydrogens is 294 g/mol. The van der Waals surface area contributed by atoms with Crippen LogP contribution < -0.4 is 0 Å². The average Bonchev–Trinajstić information content (AvgIpc) is 2.71. The molecule has 3 rings (SSSR count). The molecule has 1 aliphatic heterocycles. The molecule has 0 spiro atoms. The van der Waals surface area contributed by atoms with E-state index in [1.54, 1.807) is 11.8 Å². The zero-order chi connectivity index (χ0) is 15.8. The van der Waals surface area contributed by atoms with Gasteiger partial charge in [0, 0.05) is 19.0 Å². The predicted octanol–water partition coefficient (Wildman–Crippen LogP) is 0.661. The fraction of sp³-hybridized carbons (Fsp3) is 0.929. The highest BCUT2D eigenvalue weighted by Crippen LogP contribution is 2.67. The Morgan fingerprint density at radius 1 is 1.38 bits per heavy atom. The molecule has 1 unspecified atom stereocenters. The summed E-state index contributed by atoms with van der Waals surface area (Å²) in [5.74, 6) is 0.121. The van der Waals surface area contributed by atoms with Crippen LogP contribution in [0.15, 0.2) is 0 Å². The molecule has 3 fully saturated rings. The maximum atomic E-state index is 12.6. The maximum absolute atomic E-state index is 12.6. The minimum absolute atomic E-state index is 0.0556. The first kappa shape index (κ1) is 15.4. The molecule has 0 aromatic carbocycles. The van der Waals surface area contributed by atoms with Crippen LogP contribution in [0.5, 0.6) is 0 Å². The summed E-state index contributed by atoms with van der Waals surface area (Å²) in [4.78, 5) is 14.2. The molecule has 7 heteroatoms. The fourth-order valence-electron chi connectivity index (χ4n) is 4.93. The maximum Gasteiger partial charge on any atom is 0.282 e. The van der Waals surface area contributed by atoms with E-state index in [1.165, 1.54) is 0 Å². The van der Waals surface area contributed by atoms with Crippen molar-refractivity contribution in [3.05, 3.63) is 0 Å². The number of hydrogen-bond donors (Lipinski definition) is 2. The number of rotatable bonds is 3. The van der Waals surface area contributed by atoms with Gasteiger partial charge in [0.15, 0.2) is 5.37 Å². The average molecular weight is 317 g/mol. The largest absolute Gasteiger partial charge is 0.390 e. The number of fused-ring (bicyclic) bond motifs is 2. The number of Topliss-reactive ketones (excluding diaryl/α,β-unsaturated/α-hetero) is 1. The fourth-order valence-corrected chi connectivity index (χ4v) is 6.61. The van der Waals surface area contributed by atoms with Crippen molar-refractivity contribution in [2.45, 2.75) is 57.6 Å². The summed E-state index contributed by atoms with van der Waals surface area (Å²) >= 11 is 0. The van der Waals surface area contributed by atoms with Crippen LogP contribution in [-0.4, -0.2) is 52.8 Å². The minimum atomic E-state index is -4.42. The number of aliphatic hydroxyl groups excluding tert-OH is 1. The molecule has 2 aliphatic carbocycles. The summed E-state index contributed by atoms with van der Waals surface area (Å²) in [5.41, 5.74) is -1.51. The summed E-state index contributed by atoms with van der Waals surface area (Å²) in [5, 5.41) is 8.47. The Bertz CT molecular complexity index is 586. The van der Waals surface area contributed by atoms with Gasteiger partial charge in [-0.2, -0.15) is 8.42 Å². The highest BCUT2D eigenvalue weighted by molar-refractivity contribution is 7.86. The van der Waals surface area contributed by atoms with Crippen molar-refractivity contribution in [2.24, 2.45) is 16.7 Å². The van der Waals surface area contributed by atoms with E-state index in [4.69, 9.17) is 0 Å². The zero-order valence-electron chi connectivity index (χ0n) is 12.6. The van der Waals surface area contributed by atoms with Crippen molar-refractivity contribution in [3.8, 4) is 0 Å². The van der Waals surface area contributed by atoms with Gasteiger partial charge in [0.25, 0.3) is 10.1 Å². The first-order valence-electron chi connectivity index (χ1n) is 7.47. The van der Waals surface area contributed by atoms with Crippen molar-refractivity contribution >= 4 is 15.9 Å². The molecule has 120 valence electrons. The number of β-amino-alcohol motifs (C(OH)–C–C–N with tert-alkyl or cyclic N) is 1. The van der Waals surface area contributed by atoms with E-state index >= 15 is 0 Å². The highest BCUT2D eigenvalue weighted by atomic mass is 32.2. The van der Waals surface area contributed by atoms with Crippen molar-refractivity contribution in [3.63, 3.8) is 0 Å². The van der Waals surface area contributed by atoms with E-state index < -0.39 is 32.4 Å². The normalized spacial score (nSPS) is 43.9. The molecule has 1 heterocycles. The number of ketones is 1. The Morgan fingerprint density at radius 3 is 2.33 bits per heavy atom. The number of carbonyl (C=O) groups excluding carboxylic acids is 1. The van der Waals surface area contributed by atoms with Gasteiger partial charge in [-0.3, -0.25) is 14.2 Å². The molecule has 2 N–H and O–H groups in total. The monoisotopic (exact) mass is 317 g/mol. The zero-order valence-corrected chi connectivity index (χ0v) is 13.4. The molecular formula is C14H23NO5S. The molecule has 0 aromatic heterocycles. The van der Waals surface area contributed by atoms with Gasteiger partial charge >= 0.3 is 0 Å². The lowest BCUT2D eigenvalue weighted by Crippen LogP contribution is -2.69. The van der Waals surface area contributed by atoms with Crippen molar-refractivity contribution in [1.82, 2.24) is 4.90 Å². The van der Waals surface area contributed by atoms with E-state index in [0.29, 0.717) is 12.8 Å². The Hall–Kier alpha value is -0.500. The lowest BCUT2D eigenvalue weighted by molar-refractivity contribution is -0.141. The molecule has 21 heavy (non-hydrogen) atoms. The molecule has 5 atom stereocenters. The lowest BCUT2D eigenvalue weighted by atomic mass is 9.67. The summed E-state index contributed by atoms with van der Waals surface area (Å²) in [6.45, 7) is 5.78. The topological polar surface area (TPSA) is 94.9 Å². The molecule has 3 aliphatic rings. The molecule has 2 saturated carbocycles. The number of hydrogen-bond acceptors (Lipinski definition) is 5. The third kappa shape index (κ3) is 1.75. The second-order valence-corrected chi connectivity index (χ2v) is 8.90. The summed E-state index contributed by atoms with van der Waals surface area (Å²) in [6, 6.07) is -0.366. The Balaban J connectivity index is 2.11. The first-order valence-corrected chi connectivity index (χ1v) is 8.97. The van der Waals surface area contributed by atoms with Gasteiger partial charge in [-0.15, -0.1) is 0 Å². The van der Waals surface area contributed by atoms with Crippen molar-refractivity contribution < 1.29 is 22.9 Å². The quantitative estimate of drug-likeness (QED) is 0.743.